The van der Waals surface area contributed by atoms with Gasteiger partial charge in [-0.3, -0.25) is 8.98 Å². The summed E-state index contributed by atoms with van der Waals surface area (Å²) in [6, 6.07) is 13.2. The Balaban J connectivity index is 1.90. The van der Waals surface area contributed by atoms with Crippen LogP contribution in [0.3, 0.4) is 0 Å². The highest BCUT2D eigenvalue weighted by atomic mass is 32.2. The van der Waals surface area contributed by atoms with Gasteiger partial charge in [0, 0.05) is 24.9 Å². The molecule has 1 aliphatic heterocycles. The fourth-order valence-electron chi connectivity index (χ4n) is 3.78. The molecule has 1 fully saturated rings. The third kappa shape index (κ3) is 5.39. The summed E-state index contributed by atoms with van der Waals surface area (Å²) in [4.78, 5) is 14.2. The van der Waals surface area contributed by atoms with Gasteiger partial charge in [0.1, 0.15) is 0 Å². The van der Waals surface area contributed by atoms with E-state index in [4.69, 9.17) is 4.18 Å². The van der Waals surface area contributed by atoms with Gasteiger partial charge in [-0.25, -0.2) is 8.78 Å². The molecule has 0 aromatic heterocycles. The summed E-state index contributed by atoms with van der Waals surface area (Å²) in [6.45, 7) is 0.544. The van der Waals surface area contributed by atoms with Crippen LogP contribution in [0.1, 0.15) is 30.4 Å². The molecule has 1 atom stereocenters. The summed E-state index contributed by atoms with van der Waals surface area (Å²) in [5.41, 5.74) is 0.746. The molecule has 1 aliphatic rings. The largest absolute Gasteiger partial charge is 0.337 e. The number of nitrogens with zero attached hydrogens (tertiary/aromatic N) is 1. The number of hydrogen-bond acceptors (Lipinski definition) is 4. The number of rotatable bonds is 7. The van der Waals surface area contributed by atoms with E-state index in [1.165, 1.54) is 6.07 Å². The number of piperidine rings is 1. The van der Waals surface area contributed by atoms with Gasteiger partial charge in [-0.1, -0.05) is 36.4 Å². The minimum absolute atomic E-state index is 0.0314. The molecule has 1 heterocycles. The first-order valence-electron chi connectivity index (χ1n) is 9.30. The van der Waals surface area contributed by atoms with Crippen LogP contribution in [0.25, 0.3) is 0 Å². The van der Waals surface area contributed by atoms with Crippen LogP contribution < -0.4 is 0 Å². The summed E-state index contributed by atoms with van der Waals surface area (Å²) in [7, 11) is -3.64. The topological polar surface area (TPSA) is 63.7 Å². The van der Waals surface area contributed by atoms with E-state index in [9.17, 15) is 22.0 Å². The molecule has 5 nitrogen and oxygen atoms in total. The summed E-state index contributed by atoms with van der Waals surface area (Å²) in [5, 5.41) is 0. The van der Waals surface area contributed by atoms with Crippen LogP contribution in [0.2, 0.25) is 0 Å². The van der Waals surface area contributed by atoms with Crippen LogP contribution in [0.5, 0.6) is 0 Å². The predicted octanol–water partition coefficient (Wildman–Crippen LogP) is 3.39. The maximum absolute atomic E-state index is 14.0. The van der Waals surface area contributed by atoms with Gasteiger partial charge in [-0.15, -0.1) is 0 Å². The smallest absolute Gasteiger partial charge is 0.264 e. The van der Waals surface area contributed by atoms with Crippen molar-refractivity contribution in [3.05, 3.63) is 71.3 Å². The third-order valence-corrected chi connectivity index (χ3v) is 5.88. The van der Waals surface area contributed by atoms with Gasteiger partial charge in [0.15, 0.2) is 11.6 Å². The monoisotopic (exact) mass is 423 g/mol. The van der Waals surface area contributed by atoms with Gasteiger partial charge in [0.2, 0.25) is 5.91 Å². The SMILES string of the molecule is CS(=O)(=O)OCCC1(c2ccc(F)c(F)c2)CCC(=O)N(Cc2ccccc2)C1. The van der Waals surface area contributed by atoms with Crippen LogP contribution in [0.15, 0.2) is 48.5 Å². The summed E-state index contributed by atoms with van der Waals surface area (Å²) < 4.78 is 55.1. The molecule has 29 heavy (non-hydrogen) atoms. The van der Waals surface area contributed by atoms with E-state index in [1.54, 1.807) is 4.90 Å². The molecule has 0 aliphatic carbocycles. The number of amides is 1. The maximum Gasteiger partial charge on any atom is 0.264 e. The lowest BCUT2D eigenvalue weighted by atomic mass is 9.71. The number of likely N-dealkylation sites (tertiary alicyclic amines) is 1. The number of halogens is 2. The fraction of sp³-hybridized carbons (Fsp3) is 0.381. The second-order valence-electron chi connectivity index (χ2n) is 7.42. The Hall–Kier alpha value is -2.32. The second kappa shape index (κ2) is 8.59. The molecule has 8 heteroatoms. The lowest BCUT2D eigenvalue weighted by Gasteiger charge is -2.43. The zero-order valence-corrected chi connectivity index (χ0v) is 16.9. The minimum atomic E-state index is -3.64. The van der Waals surface area contributed by atoms with Crippen molar-refractivity contribution in [2.45, 2.75) is 31.2 Å². The number of carbonyl (C=O) groups is 1. The Bertz CT molecular complexity index is 981. The highest BCUT2D eigenvalue weighted by Crippen LogP contribution is 2.39. The zero-order valence-electron chi connectivity index (χ0n) is 16.1. The Morgan fingerprint density at radius 2 is 1.83 bits per heavy atom. The third-order valence-electron chi connectivity index (χ3n) is 5.29. The van der Waals surface area contributed by atoms with E-state index in [0.29, 0.717) is 18.5 Å². The minimum Gasteiger partial charge on any atom is -0.337 e. The number of carbonyl (C=O) groups excluding carboxylic acids is 1. The maximum atomic E-state index is 14.0. The molecule has 1 unspecified atom stereocenters. The molecule has 1 saturated heterocycles. The van der Waals surface area contributed by atoms with Crippen LogP contribution in [0, 0.1) is 11.6 Å². The molecular weight excluding hydrogens is 400 g/mol. The molecule has 2 aromatic rings. The van der Waals surface area contributed by atoms with Crippen molar-refractivity contribution in [3.8, 4) is 0 Å². The Morgan fingerprint density at radius 1 is 1.10 bits per heavy atom. The highest BCUT2D eigenvalue weighted by molar-refractivity contribution is 7.85. The van der Waals surface area contributed by atoms with Crippen molar-refractivity contribution < 1.29 is 26.2 Å². The molecule has 2 aromatic carbocycles. The van der Waals surface area contributed by atoms with Crippen molar-refractivity contribution in [1.82, 2.24) is 4.90 Å². The Kier molecular flexibility index (Phi) is 6.33. The van der Waals surface area contributed by atoms with Crippen molar-refractivity contribution in [2.75, 3.05) is 19.4 Å². The molecule has 1 amide bonds. The van der Waals surface area contributed by atoms with Gasteiger partial charge < -0.3 is 4.90 Å². The Labute approximate surface area is 169 Å². The zero-order chi connectivity index (χ0) is 21.1. The molecule has 0 radical (unpaired) electrons. The summed E-state index contributed by atoms with van der Waals surface area (Å²) in [5.74, 6) is -1.96. The average molecular weight is 423 g/mol. The lowest BCUT2D eigenvalue weighted by Crippen LogP contribution is -2.49. The molecular formula is C21H23F2NO4S. The first-order valence-corrected chi connectivity index (χ1v) is 11.1. The van der Waals surface area contributed by atoms with E-state index < -0.39 is 27.2 Å². The number of benzene rings is 2. The molecule has 0 N–H and O–H groups in total. The Morgan fingerprint density at radius 3 is 2.48 bits per heavy atom. The first-order chi connectivity index (χ1) is 13.7. The van der Waals surface area contributed by atoms with Gasteiger partial charge in [0.05, 0.1) is 12.9 Å². The van der Waals surface area contributed by atoms with Crippen LogP contribution in [-0.4, -0.2) is 38.6 Å². The summed E-state index contributed by atoms with van der Waals surface area (Å²) in [6.07, 6.45) is 1.84. The van der Waals surface area contributed by atoms with Crippen LogP contribution >= 0.6 is 0 Å². The molecule has 0 saturated carbocycles. The van der Waals surface area contributed by atoms with Crippen LogP contribution in [0.4, 0.5) is 8.78 Å². The van der Waals surface area contributed by atoms with Crippen molar-refractivity contribution in [3.63, 3.8) is 0 Å². The fourth-order valence-corrected chi connectivity index (χ4v) is 4.17. The predicted molar refractivity (Wildman–Crippen MR) is 105 cm³/mol. The second-order valence-corrected chi connectivity index (χ2v) is 9.06. The van der Waals surface area contributed by atoms with Gasteiger partial charge in [-0.05, 0) is 36.1 Å². The van der Waals surface area contributed by atoms with E-state index in [1.807, 2.05) is 30.3 Å². The standard InChI is InChI=1S/C21H23F2NO4S/c1-29(26,27)28-12-11-21(17-7-8-18(22)19(23)13-17)10-9-20(25)24(15-21)14-16-5-3-2-4-6-16/h2-8,13H,9-12,14-15H2,1H3. The highest BCUT2D eigenvalue weighted by Gasteiger charge is 2.40. The van der Waals surface area contributed by atoms with E-state index >= 15 is 0 Å². The average Bonchev–Trinajstić information content (AvgIpc) is 2.66. The first kappa shape index (κ1) is 21.4. The van der Waals surface area contributed by atoms with E-state index in [0.717, 1.165) is 24.0 Å². The molecule has 0 bridgehead atoms. The van der Waals surface area contributed by atoms with E-state index in [-0.39, 0.29) is 31.9 Å². The lowest BCUT2D eigenvalue weighted by molar-refractivity contribution is -0.136. The van der Waals surface area contributed by atoms with E-state index in [2.05, 4.69) is 0 Å². The van der Waals surface area contributed by atoms with Crippen molar-refractivity contribution >= 4 is 16.0 Å². The normalized spacial score (nSPS) is 20.1. The molecule has 156 valence electrons. The quantitative estimate of drug-likeness (QED) is 0.641. The van der Waals surface area contributed by atoms with Crippen molar-refractivity contribution in [2.24, 2.45) is 0 Å². The van der Waals surface area contributed by atoms with Crippen molar-refractivity contribution in [1.29, 1.82) is 0 Å². The number of hydrogen-bond donors (Lipinski definition) is 0. The molecule has 0 spiro atoms. The van der Waals surface area contributed by atoms with Gasteiger partial charge in [0.25, 0.3) is 10.1 Å². The van der Waals surface area contributed by atoms with Gasteiger partial charge >= 0.3 is 0 Å². The van der Waals surface area contributed by atoms with Crippen LogP contribution in [-0.2, 0) is 31.1 Å². The summed E-state index contributed by atoms with van der Waals surface area (Å²) >= 11 is 0. The molecule has 3 rings (SSSR count). The van der Waals surface area contributed by atoms with Gasteiger partial charge in [-0.2, -0.15) is 8.42 Å².